The molecule has 0 radical (unpaired) electrons. The smallest absolute Gasteiger partial charge is 0.0614 e. The van der Waals surface area contributed by atoms with Crippen LogP contribution in [0.2, 0.25) is 0 Å². The molecular formula is C19H23ClN2. The zero-order valence-electron chi connectivity index (χ0n) is 12.7. The van der Waals surface area contributed by atoms with E-state index in [0.717, 1.165) is 19.6 Å². The summed E-state index contributed by atoms with van der Waals surface area (Å²) in [4.78, 5) is 2.65. The lowest BCUT2D eigenvalue weighted by Crippen LogP contribution is -2.38. The monoisotopic (exact) mass is 314 g/mol. The summed E-state index contributed by atoms with van der Waals surface area (Å²) >= 11 is 0. The molecular weight excluding hydrogens is 292 g/mol. The van der Waals surface area contributed by atoms with Crippen LogP contribution in [0.15, 0.2) is 48.5 Å². The van der Waals surface area contributed by atoms with Gasteiger partial charge in [0.15, 0.2) is 0 Å². The Labute approximate surface area is 138 Å². The first kappa shape index (κ1) is 15.5. The van der Waals surface area contributed by atoms with Crippen LogP contribution in [0.5, 0.6) is 0 Å². The molecule has 4 rings (SSSR count). The van der Waals surface area contributed by atoms with Gasteiger partial charge in [-0.05, 0) is 60.6 Å². The van der Waals surface area contributed by atoms with Crippen LogP contribution >= 0.6 is 12.4 Å². The Bertz CT molecular complexity index is 602. The summed E-state index contributed by atoms with van der Waals surface area (Å²) in [6.07, 6.45) is 2.47. The maximum atomic E-state index is 5.84. The number of rotatable bonds is 2. The van der Waals surface area contributed by atoms with Crippen LogP contribution in [-0.4, -0.2) is 24.5 Å². The highest BCUT2D eigenvalue weighted by atomic mass is 35.5. The summed E-state index contributed by atoms with van der Waals surface area (Å²) in [5.41, 5.74) is 11.6. The Kier molecular flexibility index (Phi) is 4.53. The number of nitrogens with two attached hydrogens (primary N) is 1. The molecule has 0 aromatic heterocycles. The van der Waals surface area contributed by atoms with Crippen LogP contribution in [0.1, 0.15) is 30.0 Å². The van der Waals surface area contributed by atoms with E-state index in [1.165, 1.54) is 35.1 Å². The van der Waals surface area contributed by atoms with Crippen LogP contribution in [0.4, 0.5) is 0 Å². The summed E-state index contributed by atoms with van der Waals surface area (Å²) in [7, 11) is 0. The van der Waals surface area contributed by atoms with Crippen molar-refractivity contribution in [3.63, 3.8) is 0 Å². The maximum absolute atomic E-state index is 5.84. The summed E-state index contributed by atoms with van der Waals surface area (Å²) < 4.78 is 0. The Morgan fingerprint density at radius 2 is 1.36 bits per heavy atom. The molecule has 2 aromatic carbocycles. The number of nitrogens with zero attached hydrogens (tertiary/aromatic N) is 1. The average Bonchev–Trinajstić information content (AvgIpc) is 2.90. The Hall–Kier alpha value is -1.35. The molecule has 0 bridgehead atoms. The van der Waals surface area contributed by atoms with Crippen molar-refractivity contribution in [2.24, 2.45) is 11.7 Å². The van der Waals surface area contributed by atoms with Crippen molar-refractivity contribution in [3.8, 4) is 11.1 Å². The molecule has 2 aromatic rings. The lowest BCUT2D eigenvalue weighted by Gasteiger charge is -2.36. The summed E-state index contributed by atoms with van der Waals surface area (Å²) in [5.74, 6) is 0.716. The van der Waals surface area contributed by atoms with E-state index >= 15 is 0 Å². The van der Waals surface area contributed by atoms with E-state index in [1.54, 1.807) is 0 Å². The summed E-state index contributed by atoms with van der Waals surface area (Å²) in [6.45, 7) is 3.16. The van der Waals surface area contributed by atoms with Gasteiger partial charge in [0.05, 0.1) is 6.04 Å². The van der Waals surface area contributed by atoms with Gasteiger partial charge in [-0.2, -0.15) is 0 Å². The fourth-order valence-electron chi connectivity index (χ4n) is 3.97. The van der Waals surface area contributed by atoms with E-state index in [4.69, 9.17) is 5.73 Å². The third-order valence-electron chi connectivity index (χ3n) is 5.15. The van der Waals surface area contributed by atoms with Crippen molar-refractivity contribution in [3.05, 3.63) is 59.7 Å². The first-order chi connectivity index (χ1) is 10.4. The lowest BCUT2D eigenvalue weighted by molar-refractivity contribution is 0.156. The molecule has 2 nitrogen and oxygen atoms in total. The number of piperidine rings is 1. The van der Waals surface area contributed by atoms with E-state index in [9.17, 15) is 0 Å². The largest absolute Gasteiger partial charge is 0.330 e. The van der Waals surface area contributed by atoms with Gasteiger partial charge in [-0.1, -0.05) is 48.5 Å². The van der Waals surface area contributed by atoms with Crippen molar-refractivity contribution in [2.45, 2.75) is 18.9 Å². The zero-order chi connectivity index (χ0) is 14.2. The van der Waals surface area contributed by atoms with Crippen molar-refractivity contribution < 1.29 is 0 Å². The fraction of sp³-hybridized carbons (Fsp3) is 0.368. The van der Waals surface area contributed by atoms with Crippen LogP contribution in [0.3, 0.4) is 0 Å². The predicted octanol–water partition coefficient (Wildman–Crippen LogP) is 3.85. The van der Waals surface area contributed by atoms with Gasteiger partial charge in [-0.3, -0.25) is 4.90 Å². The van der Waals surface area contributed by atoms with Gasteiger partial charge in [-0.25, -0.2) is 0 Å². The molecule has 1 aliphatic heterocycles. The predicted molar refractivity (Wildman–Crippen MR) is 94.3 cm³/mol. The van der Waals surface area contributed by atoms with Crippen LogP contribution < -0.4 is 5.73 Å². The average molecular weight is 315 g/mol. The molecule has 1 fully saturated rings. The summed E-state index contributed by atoms with van der Waals surface area (Å²) in [5, 5.41) is 0. The minimum Gasteiger partial charge on any atom is -0.330 e. The second-order valence-corrected chi connectivity index (χ2v) is 6.29. The Morgan fingerprint density at radius 3 is 1.86 bits per heavy atom. The van der Waals surface area contributed by atoms with E-state index in [1.807, 2.05) is 0 Å². The summed E-state index contributed by atoms with van der Waals surface area (Å²) in [6, 6.07) is 18.2. The molecule has 1 saturated heterocycles. The van der Waals surface area contributed by atoms with Crippen LogP contribution in [0.25, 0.3) is 11.1 Å². The second-order valence-electron chi connectivity index (χ2n) is 6.29. The molecule has 0 unspecified atom stereocenters. The highest BCUT2D eigenvalue weighted by molar-refractivity contribution is 5.85. The molecule has 0 amide bonds. The van der Waals surface area contributed by atoms with Crippen molar-refractivity contribution in [1.29, 1.82) is 0 Å². The van der Waals surface area contributed by atoms with E-state index < -0.39 is 0 Å². The molecule has 0 spiro atoms. The standard InChI is InChI=1S/C19H22N2.ClH/c20-13-14-9-11-21(12-10-14)19-17-7-3-1-5-15(17)16-6-2-4-8-18(16)19;/h1-8,14,19H,9-13,20H2;1H. The normalized spacial score (nSPS) is 18.6. The van der Waals surface area contributed by atoms with Crippen molar-refractivity contribution in [1.82, 2.24) is 4.90 Å². The number of hydrogen-bond donors (Lipinski definition) is 1. The minimum absolute atomic E-state index is 0. The molecule has 2 aliphatic rings. The molecule has 1 aliphatic carbocycles. The zero-order valence-corrected chi connectivity index (χ0v) is 13.6. The number of fused-ring (bicyclic) bond motifs is 3. The van der Waals surface area contributed by atoms with Crippen molar-refractivity contribution >= 4 is 12.4 Å². The minimum atomic E-state index is 0. The molecule has 0 atom stereocenters. The highest BCUT2D eigenvalue weighted by Gasteiger charge is 2.34. The number of halogens is 1. The van der Waals surface area contributed by atoms with Gasteiger partial charge in [0, 0.05) is 0 Å². The molecule has 22 heavy (non-hydrogen) atoms. The quantitative estimate of drug-likeness (QED) is 0.912. The SMILES string of the molecule is Cl.NCC1CCN(C2c3ccccc3-c3ccccc32)CC1. The van der Waals surface area contributed by atoms with Gasteiger partial charge < -0.3 is 5.73 Å². The first-order valence-corrected chi connectivity index (χ1v) is 8.01. The number of likely N-dealkylation sites (tertiary alicyclic amines) is 1. The van der Waals surface area contributed by atoms with Gasteiger partial charge >= 0.3 is 0 Å². The van der Waals surface area contributed by atoms with Gasteiger partial charge in [0.25, 0.3) is 0 Å². The van der Waals surface area contributed by atoms with E-state index in [0.29, 0.717) is 12.0 Å². The van der Waals surface area contributed by atoms with Crippen molar-refractivity contribution in [2.75, 3.05) is 19.6 Å². The third kappa shape index (κ3) is 2.45. The highest BCUT2D eigenvalue weighted by Crippen LogP contribution is 2.46. The first-order valence-electron chi connectivity index (χ1n) is 8.01. The molecule has 2 N–H and O–H groups in total. The molecule has 116 valence electrons. The Balaban J connectivity index is 0.00000144. The topological polar surface area (TPSA) is 29.3 Å². The van der Waals surface area contributed by atoms with E-state index in [-0.39, 0.29) is 12.4 Å². The van der Waals surface area contributed by atoms with Gasteiger partial charge in [-0.15, -0.1) is 12.4 Å². The number of hydrogen-bond acceptors (Lipinski definition) is 2. The molecule has 3 heteroatoms. The third-order valence-corrected chi connectivity index (χ3v) is 5.15. The Morgan fingerprint density at radius 1 is 0.864 bits per heavy atom. The van der Waals surface area contributed by atoms with Crippen LogP contribution in [-0.2, 0) is 0 Å². The fourth-order valence-corrected chi connectivity index (χ4v) is 3.97. The van der Waals surface area contributed by atoms with Crippen LogP contribution in [0, 0.1) is 5.92 Å². The second kappa shape index (κ2) is 6.41. The molecule has 1 heterocycles. The van der Waals surface area contributed by atoms with Gasteiger partial charge in [0.2, 0.25) is 0 Å². The lowest BCUT2D eigenvalue weighted by atomic mass is 9.93. The maximum Gasteiger partial charge on any atom is 0.0614 e. The molecule has 0 saturated carbocycles. The number of benzene rings is 2. The van der Waals surface area contributed by atoms with Gasteiger partial charge in [0.1, 0.15) is 0 Å². The van der Waals surface area contributed by atoms with E-state index in [2.05, 4.69) is 53.4 Å².